The zero-order chi connectivity index (χ0) is 13.7. The van der Waals surface area contributed by atoms with Gasteiger partial charge in [-0.1, -0.05) is 89.9 Å². The van der Waals surface area contributed by atoms with Crippen molar-refractivity contribution in [2.24, 2.45) is 0 Å². The second-order valence-electron chi connectivity index (χ2n) is 5.96. The minimum Gasteiger partial charge on any atom is -0.127 e. The Balaban J connectivity index is 4.41. The maximum Gasteiger partial charge on any atom is 0.0535 e. The monoisotopic (exact) mass is 290 g/mol. The summed E-state index contributed by atoms with van der Waals surface area (Å²) in [7, 11) is -0.954. The topological polar surface area (TPSA) is 0 Å². The molecule has 0 saturated heterocycles. The number of alkyl halides is 1. The minimum absolute atomic E-state index is 0.861. The number of rotatable bonds is 13. The fourth-order valence-corrected chi connectivity index (χ4v) is 9.00. The quantitative estimate of drug-likeness (QED) is 0.197. The summed E-state index contributed by atoms with van der Waals surface area (Å²) in [6, 6.07) is 6.32. The van der Waals surface area contributed by atoms with Gasteiger partial charge in [0.1, 0.15) is 0 Å². The van der Waals surface area contributed by atoms with Gasteiger partial charge in [0, 0.05) is 5.88 Å². The first-order valence-corrected chi connectivity index (χ1v) is 11.7. The molecule has 0 heterocycles. The second-order valence-corrected chi connectivity index (χ2v) is 11.3. The van der Waals surface area contributed by atoms with Crippen LogP contribution in [0.5, 0.6) is 0 Å². The highest BCUT2D eigenvalue weighted by molar-refractivity contribution is 6.79. The van der Waals surface area contributed by atoms with Crippen molar-refractivity contribution < 1.29 is 0 Å². The molecular formula is C16H35ClSi. The molecule has 0 aromatic carbocycles. The van der Waals surface area contributed by atoms with Crippen LogP contribution in [0, 0.1) is 0 Å². The van der Waals surface area contributed by atoms with Crippen LogP contribution in [0.15, 0.2) is 0 Å². The minimum atomic E-state index is -0.954. The summed E-state index contributed by atoms with van der Waals surface area (Å²) in [4.78, 5) is 0. The van der Waals surface area contributed by atoms with Crippen LogP contribution in [-0.4, -0.2) is 14.0 Å². The maximum absolute atomic E-state index is 5.86. The summed E-state index contributed by atoms with van der Waals surface area (Å²) >= 11 is 5.86. The number of halogens is 1. The summed E-state index contributed by atoms with van der Waals surface area (Å²) in [5.74, 6) is 0.861. The third-order valence-electron chi connectivity index (χ3n) is 4.27. The Labute approximate surface area is 122 Å². The SMILES string of the molecule is CCCC[Si](CCCC)(CCCC)CCCCCl. The highest BCUT2D eigenvalue weighted by Crippen LogP contribution is 2.33. The standard InChI is InChI=1S/C16H35ClSi/c1-4-7-13-18(14-8-5-2,15-9-6-3)16-11-10-12-17/h4-16H2,1-3H3. The van der Waals surface area contributed by atoms with E-state index in [0.29, 0.717) is 0 Å². The third-order valence-corrected chi connectivity index (χ3v) is 10.2. The lowest BCUT2D eigenvalue weighted by atomic mass is 10.4. The molecule has 0 fully saturated rings. The first-order chi connectivity index (χ1) is 8.74. The molecular weight excluding hydrogens is 256 g/mol. The molecule has 0 aromatic heterocycles. The Kier molecular flexibility index (Phi) is 12.9. The molecule has 110 valence electrons. The van der Waals surface area contributed by atoms with Crippen molar-refractivity contribution in [2.75, 3.05) is 5.88 Å². The van der Waals surface area contributed by atoms with Crippen molar-refractivity contribution in [1.29, 1.82) is 0 Å². The number of hydrogen-bond acceptors (Lipinski definition) is 0. The van der Waals surface area contributed by atoms with E-state index >= 15 is 0 Å². The van der Waals surface area contributed by atoms with Crippen molar-refractivity contribution in [1.82, 2.24) is 0 Å². The predicted octanol–water partition coefficient (Wildman–Crippen LogP) is 6.85. The number of hydrogen-bond donors (Lipinski definition) is 0. The van der Waals surface area contributed by atoms with Crippen molar-refractivity contribution in [3.05, 3.63) is 0 Å². The molecule has 0 rings (SSSR count). The van der Waals surface area contributed by atoms with Gasteiger partial charge in [-0.3, -0.25) is 0 Å². The average molecular weight is 291 g/mol. The average Bonchev–Trinajstić information content (AvgIpc) is 2.40. The largest absolute Gasteiger partial charge is 0.127 e. The Bertz CT molecular complexity index is 149. The van der Waals surface area contributed by atoms with Crippen molar-refractivity contribution in [3.63, 3.8) is 0 Å². The van der Waals surface area contributed by atoms with Crippen LogP contribution in [0.4, 0.5) is 0 Å². The molecule has 0 nitrogen and oxygen atoms in total. The Morgan fingerprint density at radius 1 is 0.611 bits per heavy atom. The molecule has 0 N–H and O–H groups in total. The van der Waals surface area contributed by atoms with Crippen molar-refractivity contribution in [3.8, 4) is 0 Å². The zero-order valence-electron chi connectivity index (χ0n) is 13.1. The Morgan fingerprint density at radius 3 is 1.33 bits per heavy atom. The van der Waals surface area contributed by atoms with Gasteiger partial charge >= 0.3 is 0 Å². The van der Waals surface area contributed by atoms with Crippen molar-refractivity contribution >= 4 is 19.7 Å². The van der Waals surface area contributed by atoms with Gasteiger partial charge in [0.2, 0.25) is 0 Å². The van der Waals surface area contributed by atoms with Gasteiger partial charge in [0.25, 0.3) is 0 Å². The van der Waals surface area contributed by atoms with E-state index in [1.807, 2.05) is 0 Å². The first-order valence-electron chi connectivity index (χ1n) is 8.30. The third kappa shape index (κ3) is 8.58. The van der Waals surface area contributed by atoms with Crippen molar-refractivity contribution in [2.45, 2.75) is 96.3 Å². The maximum atomic E-state index is 5.86. The lowest BCUT2D eigenvalue weighted by Gasteiger charge is -2.32. The van der Waals surface area contributed by atoms with E-state index < -0.39 is 8.07 Å². The van der Waals surface area contributed by atoms with Gasteiger partial charge in [0.05, 0.1) is 8.07 Å². The summed E-state index contributed by atoms with van der Waals surface area (Å²) < 4.78 is 0. The fraction of sp³-hybridized carbons (Fsp3) is 1.00. The van der Waals surface area contributed by atoms with E-state index in [0.717, 1.165) is 5.88 Å². The van der Waals surface area contributed by atoms with Gasteiger partial charge in [0.15, 0.2) is 0 Å². The smallest absolute Gasteiger partial charge is 0.0535 e. The lowest BCUT2D eigenvalue weighted by molar-refractivity contribution is 0.764. The molecule has 0 bridgehead atoms. The summed E-state index contributed by atoms with van der Waals surface area (Å²) in [6.45, 7) is 7.03. The molecule has 0 amide bonds. The highest BCUT2D eigenvalue weighted by atomic mass is 35.5. The van der Waals surface area contributed by atoms with E-state index in [4.69, 9.17) is 11.6 Å². The summed E-state index contributed by atoms with van der Waals surface area (Å²) in [6.07, 6.45) is 11.2. The van der Waals surface area contributed by atoms with Crippen LogP contribution in [0.25, 0.3) is 0 Å². The molecule has 0 aromatic rings. The second kappa shape index (κ2) is 12.5. The van der Waals surface area contributed by atoms with Gasteiger partial charge in [-0.25, -0.2) is 0 Å². The van der Waals surface area contributed by atoms with Crippen LogP contribution >= 0.6 is 11.6 Å². The first kappa shape index (κ1) is 18.5. The van der Waals surface area contributed by atoms with E-state index in [9.17, 15) is 0 Å². The van der Waals surface area contributed by atoms with Gasteiger partial charge < -0.3 is 0 Å². The van der Waals surface area contributed by atoms with Crippen LogP contribution in [-0.2, 0) is 0 Å². The van der Waals surface area contributed by atoms with Gasteiger partial charge in [-0.05, 0) is 6.42 Å². The molecule has 0 unspecified atom stereocenters. The molecule has 0 aliphatic rings. The molecule has 2 heteroatoms. The molecule has 18 heavy (non-hydrogen) atoms. The Hall–Kier alpha value is 0.507. The van der Waals surface area contributed by atoms with Crippen LogP contribution in [0.2, 0.25) is 24.2 Å². The van der Waals surface area contributed by atoms with E-state index in [2.05, 4.69) is 20.8 Å². The normalized spacial score (nSPS) is 12.0. The zero-order valence-corrected chi connectivity index (χ0v) is 14.8. The van der Waals surface area contributed by atoms with Gasteiger partial charge in [-0.2, -0.15) is 0 Å². The number of unbranched alkanes of at least 4 members (excludes halogenated alkanes) is 4. The van der Waals surface area contributed by atoms with Crippen LogP contribution in [0.3, 0.4) is 0 Å². The summed E-state index contributed by atoms with van der Waals surface area (Å²) in [5, 5.41) is 0. The van der Waals surface area contributed by atoms with Crippen LogP contribution in [0.1, 0.15) is 72.1 Å². The molecule has 0 radical (unpaired) electrons. The molecule has 0 saturated carbocycles. The van der Waals surface area contributed by atoms with E-state index in [1.165, 1.54) is 51.4 Å². The van der Waals surface area contributed by atoms with E-state index in [1.54, 1.807) is 24.2 Å². The highest BCUT2D eigenvalue weighted by Gasteiger charge is 2.29. The fourth-order valence-electron chi connectivity index (χ4n) is 3.00. The van der Waals surface area contributed by atoms with Crippen LogP contribution < -0.4 is 0 Å². The molecule has 0 atom stereocenters. The lowest BCUT2D eigenvalue weighted by Crippen LogP contribution is -2.33. The van der Waals surface area contributed by atoms with Gasteiger partial charge in [-0.15, -0.1) is 11.6 Å². The van der Waals surface area contributed by atoms with E-state index in [-0.39, 0.29) is 0 Å². The summed E-state index contributed by atoms with van der Waals surface area (Å²) in [5.41, 5.74) is 0. The predicted molar refractivity (Wildman–Crippen MR) is 89.7 cm³/mol. The molecule has 0 aliphatic heterocycles. The Morgan fingerprint density at radius 2 is 1.00 bits per heavy atom. The molecule has 0 spiro atoms. The molecule has 0 aliphatic carbocycles.